The summed E-state index contributed by atoms with van der Waals surface area (Å²) in [6.07, 6.45) is 0. The van der Waals surface area contributed by atoms with Crippen molar-refractivity contribution in [1.82, 2.24) is 4.98 Å². The molecule has 1 atom stereocenters. The molecule has 0 spiro atoms. The third kappa shape index (κ3) is 3.94. The molecule has 1 aromatic heterocycles. The monoisotopic (exact) mass is 353 g/mol. The van der Waals surface area contributed by atoms with E-state index in [1.54, 1.807) is 11.3 Å². The predicted molar refractivity (Wildman–Crippen MR) is 102 cm³/mol. The van der Waals surface area contributed by atoms with Gasteiger partial charge < -0.3 is 0 Å². The van der Waals surface area contributed by atoms with Crippen LogP contribution < -0.4 is 0 Å². The molecule has 0 radical (unpaired) electrons. The highest BCUT2D eigenvalue weighted by atomic mass is 32.2. The number of ketones is 1. The highest BCUT2D eigenvalue weighted by Crippen LogP contribution is 2.39. The van der Waals surface area contributed by atoms with Crippen LogP contribution in [0.2, 0.25) is 0 Å². The second-order valence-corrected chi connectivity index (χ2v) is 8.10. The normalized spacial score (nSPS) is 12.1. The Bertz CT molecular complexity index is 835. The van der Waals surface area contributed by atoms with Gasteiger partial charge in [-0.2, -0.15) is 0 Å². The van der Waals surface area contributed by atoms with Gasteiger partial charge in [-0.15, -0.1) is 11.3 Å². The van der Waals surface area contributed by atoms with Crippen LogP contribution in [0.3, 0.4) is 0 Å². The Morgan fingerprint density at radius 2 is 1.54 bits per heavy atom. The Balaban J connectivity index is 1.95. The molecule has 122 valence electrons. The second-order valence-electron chi connectivity index (χ2n) is 5.89. The number of nitrogens with zero attached hydrogens (tertiary/aromatic N) is 1. The van der Waals surface area contributed by atoms with E-state index in [0.29, 0.717) is 0 Å². The van der Waals surface area contributed by atoms with Gasteiger partial charge in [0.1, 0.15) is 0 Å². The van der Waals surface area contributed by atoms with Crippen molar-refractivity contribution in [3.8, 4) is 0 Å². The summed E-state index contributed by atoms with van der Waals surface area (Å²) in [5.41, 5.74) is 5.10. The maximum Gasteiger partial charge on any atom is 0.180 e. The number of hydrogen-bond acceptors (Lipinski definition) is 4. The Kier molecular flexibility index (Phi) is 5.17. The fourth-order valence-electron chi connectivity index (χ4n) is 2.37. The number of carbonyl (C=O) groups is 1. The number of aromatic nitrogens is 1. The summed E-state index contributed by atoms with van der Waals surface area (Å²) in [5, 5.41) is 1.74. The first kappa shape index (κ1) is 16.9. The van der Waals surface area contributed by atoms with Crippen molar-refractivity contribution in [2.24, 2.45) is 0 Å². The Labute approximate surface area is 151 Å². The minimum atomic E-state index is -0.279. The van der Waals surface area contributed by atoms with E-state index in [-0.39, 0.29) is 11.0 Å². The molecule has 0 N–H and O–H groups in total. The molecule has 0 aliphatic rings. The number of thiazole rings is 1. The molecule has 0 amide bonds. The van der Waals surface area contributed by atoms with Gasteiger partial charge in [0.05, 0.1) is 5.25 Å². The van der Waals surface area contributed by atoms with Gasteiger partial charge in [0.15, 0.2) is 10.1 Å². The van der Waals surface area contributed by atoms with E-state index in [2.05, 4.69) is 24.0 Å². The largest absolute Gasteiger partial charge is 0.293 e. The quantitative estimate of drug-likeness (QED) is 0.430. The van der Waals surface area contributed by atoms with Gasteiger partial charge in [0.25, 0.3) is 0 Å². The summed E-state index contributed by atoms with van der Waals surface area (Å²) >= 11 is 3.12. The molecular formula is C20H19NOS2. The summed E-state index contributed by atoms with van der Waals surface area (Å²) in [4.78, 5) is 17.6. The van der Waals surface area contributed by atoms with Crippen LogP contribution >= 0.6 is 23.1 Å². The standard InChI is InChI=1S/C20H19NOS2/c1-13-4-8-16(9-5-13)18(22)19(17-10-6-14(2)7-11-17)24-20-21-15(3)12-23-20/h4-12,19H,1-3H3/t19-/m1/s1. The van der Waals surface area contributed by atoms with Crippen molar-refractivity contribution in [2.45, 2.75) is 30.4 Å². The van der Waals surface area contributed by atoms with E-state index in [1.165, 1.54) is 17.3 Å². The topological polar surface area (TPSA) is 30.0 Å². The lowest BCUT2D eigenvalue weighted by atomic mass is 10.0. The number of carbonyl (C=O) groups excluding carboxylic acids is 1. The number of thioether (sulfide) groups is 1. The Morgan fingerprint density at radius 1 is 0.958 bits per heavy atom. The van der Waals surface area contributed by atoms with Crippen molar-refractivity contribution in [1.29, 1.82) is 0 Å². The van der Waals surface area contributed by atoms with Gasteiger partial charge in [-0.25, -0.2) is 4.98 Å². The molecule has 0 saturated carbocycles. The number of aryl methyl sites for hydroxylation is 3. The molecular weight excluding hydrogens is 334 g/mol. The summed E-state index contributed by atoms with van der Waals surface area (Å²) in [6, 6.07) is 16.0. The molecule has 3 aromatic rings. The van der Waals surface area contributed by atoms with Crippen molar-refractivity contribution in [3.63, 3.8) is 0 Å². The molecule has 2 nitrogen and oxygen atoms in total. The first-order valence-electron chi connectivity index (χ1n) is 7.79. The van der Waals surface area contributed by atoms with Gasteiger partial charge in [-0.1, -0.05) is 71.4 Å². The van der Waals surface area contributed by atoms with Crippen molar-refractivity contribution in [2.75, 3.05) is 0 Å². The van der Waals surface area contributed by atoms with E-state index in [4.69, 9.17) is 0 Å². The van der Waals surface area contributed by atoms with Crippen molar-refractivity contribution in [3.05, 3.63) is 81.9 Å². The minimum absolute atomic E-state index is 0.122. The lowest BCUT2D eigenvalue weighted by Gasteiger charge is -2.15. The van der Waals surface area contributed by atoms with Crippen molar-refractivity contribution >= 4 is 28.9 Å². The molecule has 0 aliphatic heterocycles. The zero-order chi connectivity index (χ0) is 17.1. The second kappa shape index (κ2) is 7.32. The number of rotatable bonds is 5. The number of benzene rings is 2. The third-order valence-electron chi connectivity index (χ3n) is 3.77. The van der Waals surface area contributed by atoms with Gasteiger partial charge in [-0.3, -0.25) is 4.79 Å². The van der Waals surface area contributed by atoms with Crippen LogP contribution in [0.1, 0.15) is 38.0 Å². The molecule has 2 aromatic carbocycles. The highest BCUT2D eigenvalue weighted by molar-refractivity contribution is 8.01. The maximum absolute atomic E-state index is 13.1. The highest BCUT2D eigenvalue weighted by Gasteiger charge is 2.24. The summed E-state index contributed by atoms with van der Waals surface area (Å²) < 4.78 is 0.929. The van der Waals surface area contributed by atoms with E-state index >= 15 is 0 Å². The maximum atomic E-state index is 13.1. The fraction of sp³-hybridized carbons (Fsp3) is 0.200. The van der Waals surface area contributed by atoms with E-state index in [0.717, 1.165) is 26.7 Å². The molecule has 24 heavy (non-hydrogen) atoms. The fourth-order valence-corrected chi connectivity index (χ4v) is 4.48. The van der Waals surface area contributed by atoms with Crippen LogP contribution in [0, 0.1) is 20.8 Å². The molecule has 3 rings (SSSR count). The zero-order valence-electron chi connectivity index (χ0n) is 13.9. The van der Waals surface area contributed by atoms with E-state index in [9.17, 15) is 4.79 Å². The molecule has 1 heterocycles. The minimum Gasteiger partial charge on any atom is -0.293 e. The van der Waals surface area contributed by atoms with E-state index < -0.39 is 0 Å². The first-order chi connectivity index (χ1) is 11.5. The smallest absolute Gasteiger partial charge is 0.180 e. The molecule has 0 unspecified atom stereocenters. The molecule has 4 heteroatoms. The summed E-state index contributed by atoms with van der Waals surface area (Å²) in [7, 11) is 0. The molecule has 0 aliphatic carbocycles. The first-order valence-corrected chi connectivity index (χ1v) is 9.55. The third-order valence-corrected chi connectivity index (χ3v) is 6.12. The lowest BCUT2D eigenvalue weighted by molar-refractivity contribution is 0.0989. The lowest BCUT2D eigenvalue weighted by Crippen LogP contribution is -2.10. The van der Waals surface area contributed by atoms with Gasteiger partial charge >= 0.3 is 0 Å². The van der Waals surface area contributed by atoms with Crippen LogP contribution in [-0.2, 0) is 0 Å². The van der Waals surface area contributed by atoms with Crippen molar-refractivity contribution < 1.29 is 4.79 Å². The molecule has 0 fully saturated rings. The zero-order valence-corrected chi connectivity index (χ0v) is 15.6. The van der Waals surface area contributed by atoms with Crippen LogP contribution in [0.4, 0.5) is 0 Å². The van der Waals surface area contributed by atoms with Gasteiger partial charge in [-0.05, 0) is 26.3 Å². The van der Waals surface area contributed by atoms with Crippen LogP contribution in [0.25, 0.3) is 0 Å². The van der Waals surface area contributed by atoms with Crippen LogP contribution in [0.15, 0.2) is 58.3 Å². The Hall–Kier alpha value is -1.91. The van der Waals surface area contributed by atoms with Gasteiger partial charge in [0.2, 0.25) is 0 Å². The van der Waals surface area contributed by atoms with E-state index in [1.807, 2.05) is 55.6 Å². The SMILES string of the molecule is Cc1ccc(C(=O)[C@H](Sc2nc(C)cs2)c2ccc(C)cc2)cc1. The Morgan fingerprint density at radius 3 is 2.08 bits per heavy atom. The average Bonchev–Trinajstić information content (AvgIpc) is 2.99. The van der Waals surface area contributed by atoms with Gasteiger partial charge in [0, 0.05) is 16.6 Å². The number of hydrogen-bond donors (Lipinski definition) is 0. The summed E-state index contributed by atoms with van der Waals surface area (Å²) in [6.45, 7) is 6.06. The molecule has 0 bridgehead atoms. The van der Waals surface area contributed by atoms with Crippen LogP contribution in [-0.4, -0.2) is 10.8 Å². The molecule has 0 saturated heterocycles. The summed E-state index contributed by atoms with van der Waals surface area (Å²) in [5.74, 6) is 0.122. The predicted octanol–water partition coefficient (Wildman–Crippen LogP) is 5.78. The number of Topliss-reactive ketones (excluding diaryl/α,β-unsaturated/α-hetero) is 1. The average molecular weight is 354 g/mol. The van der Waals surface area contributed by atoms with Crippen LogP contribution in [0.5, 0.6) is 0 Å².